The van der Waals surface area contributed by atoms with Gasteiger partial charge in [-0.15, -0.1) is 0 Å². The number of halogens is 3. The van der Waals surface area contributed by atoms with Crippen LogP contribution in [-0.2, 0) is 13.6 Å². The fraction of sp³-hybridized carbons (Fsp3) is 0.381. The summed E-state index contributed by atoms with van der Waals surface area (Å²) >= 11 is 0. The molecular formula is C21H21F3N6O3. The Hall–Kier alpha value is -3.70. The molecule has 1 aromatic carbocycles. The summed E-state index contributed by atoms with van der Waals surface area (Å²) in [6, 6.07) is 3.85. The van der Waals surface area contributed by atoms with Gasteiger partial charge in [-0.2, -0.15) is 23.4 Å². The van der Waals surface area contributed by atoms with E-state index in [0.29, 0.717) is 17.1 Å². The van der Waals surface area contributed by atoms with Gasteiger partial charge in [-0.1, -0.05) is 6.07 Å². The molecule has 33 heavy (non-hydrogen) atoms. The molecule has 0 radical (unpaired) electrons. The normalized spacial score (nSPS) is 19.2. The number of carbonyl (C=O) groups is 1. The monoisotopic (exact) mass is 462 g/mol. The Morgan fingerprint density at radius 2 is 2.03 bits per heavy atom. The van der Waals surface area contributed by atoms with Crippen molar-refractivity contribution in [3.05, 3.63) is 53.0 Å². The highest BCUT2D eigenvalue weighted by Crippen LogP contribution is 2.45. The minimum absolute atomic E-state index is 0.0753. The number of benzene rings is 1. The van der Waals surface area contributed by atoms with Gasteiger partial charge >= 0.3 is 6.18 Å². The van der Waals surface area contributed by atoms with Crippen LogP contribution in [0, 0.1) is 6.92 Å². The molecular weight excluding hydrogens is 441 g/mol. The van der Waals surface area contributed by atoms with Gasteiger partial charge in [0.1, 0.15) is 5.82 Å². The highest BCUT2D eigenvalue weighted by molar-refractivity contribution is 5.93. The Morgan fingerprint density at radius 3 is 2.76 bits per heavy atom. The van der Waals surface area contributed by atoms with E-state index in [2.05, 4.69) is 20.8 Å². The van der Waals surface area contributed by atoms with E-state index in [1.54, 1.807) is 36.1 Å². The smallest absolute Gasteiger partial charge is 0.410 e. The fourth-order valence-corrected chi connectivity index (χ4v) is 4.12. The van der Waals surface area contributed by atoms with Crippen LogP contribution >= 0.6 is 0 Å². The molecule has 0 saturated carbocycles. The Morgan fingerprint density at radius 1 is 1.24 bits per heavy atom. The van der Waals surface area contributed by atoms with Crippen LogP contribution in [0.5, 0.6) is 11.5 Å². The van der Waals surface area contributed by atoms with Crippen molar-refractivity contribution in [3.63, 3.8) is 0 Å². The minimum atomic E-state index is -4.54. The zero-order valence-corrected chi connectivity index (χ0v) is 17.8. The maximum Gasteiger partial charge on any atom is 0.410 e. The van der Waals surface area contributed by atoms with E-state index >= 15 is 0 Å². The lowest BCUT2D eigenvalue weighted by Gasteiger charge is -2.33. The molecule has 12 heteroatoms. The Kier molecular flexibility index (Phi) is 4.94. The van der Waals surface area contributed by atoms with Crippen LogP contribution in [0.4, 0.5) is 19.0 Å². The van der Waals surface area contributed by atoms with Crippen LogP contribution in [0.3, 0.4) is 0 Å². The lowest BCUT2D eigenvalue weighted by Crippen LogP contribution is -2.35. The molecule has 0 aliphatic carbocycles. The number of fused-ring (bicyclic) bond motifs is 2. The average Bonchev–Trinajstić information content (AvgIpc) is 3.47. The third-order valence-electron chi connectivity index (χ3n) is 5.78. The highest BCUT2D eigenvalue weighted by Gasteiger charge is 2.47. The zero-order chi connectivity index (χ0) is 23.3. The van der Waals surface area contributed by atoms with Crippen molar-refractivity contribution in [2.75, 3.05) is 12.1 Å². The average molecular weight is 462 g/mol. The molecule has 2 aliphatic rings. The molecule has 5 rings (SSSR count). The number of amides is 1. The van der Waals surface area contributed by atoms with E-state index in [0.717, 1.165) is 15.9 Å². The fourth-order valence-electron chi connectivity index (χ4n) is 4.12. The van der Waals surface area contributed by atoms with Crippen molar-refractivity contribution in [3.8, 4) is 11.5 Å². The summed E-state index contributed by atoms with van der Waals surface area (Å²) in [5.41, 5.74) is 2.09. The lowest BCUT2D eigenvalue weighted by atomic mass is 9.96. The number of rotatable bonds is 4. The molecule has 2 aliphatic heterocycles. The molecule has 3 aromatic rings. The first-order valence-electron chi connectivity index (χ1n) is 10.3. The summed E-state index contributed by atoms with van der Waals surface area (Å²) in [5, 5.41) is 14.0. The molecule has 9 nitrogen and oxygen atoms in total. The van der Waals surface area contributed by atoms with E-state index < -0.39 is 24.2 Å². The first-order chi connectivity index (χ1) is 15.7. The summed E-state index contributed by atoms with van der Waals surface area (Å²) in [6.07, 6.45) is -3.06. The van der Waals surface area contributed by atoms with Crippen molar-refractivity contribution in [2.24, 2.45) is 7.05 Å². The number of nitrogens with one attached hydrogen (secondary N) is 2. The first kappa shape index (κ1) is 21.2. The second-order valence-corrected chi connectivity index (χ2v) is 8.06. The number of aromatic nitrogens is 4. The van der Waals surface area contributed by atoms with Gasteiger partial charge in [-0.25, -0.2) is 4.68 Å². The predicted molar refractivity (Wildman–Crippen MR) is 110 cm³/mol. The van der Waals surface area contributed by atoms with Gasteiger partial charge in [-0.3, -0.25) is 9.48 Å². The number of hydrogen-bond donors (Lipinski definition) is 2. The standard InChI is InChI=1S/C21H21F3N6O3/c1-11-13(9-29(2)27-11)8-25-20(31)15-7-19-26-14(6-18(21(22,23)24)30(19)28-15)12-3-4-16-17(5-12)33-10-32-16/h3-5,7,9,14,18,26H,6,8,10H2,1-2H3,(H,25,31)/t14-,18+/m1/s1. The molecule has 1 amide bonds. The number of nitrogens with zero attached hydrogens (tertiary/aromatic N) is 4. The summed E-state index contributed by atoms with van der Waals surface area (Å²) in [6.45, 7) is 2.08. The van der Waals surface area contributed by atoms with Gasteiger partial charge in [0.05, 0.1) is 11.7 Å². The first-order valence-corrected chi connectivity index (χ1v) is 10.3. The van der Waals surface area contributed by atoms with Crippen LogP contribution < -0.4 is 20.1 Å². The van der Waals surface area contributed by atoms with Crippen LogP contribution in [0.1, 0.15) is 45.8 Å². The van der Waals surface area contributed by atoms with Crippen molar-refractivity contribution < 1.29 is 27.4 Å². The van der Waals surface area contributed by atoms with Gasteiger partial charge < -0.3 is 20.1 Å². The van der Waals surface area contributed by atoms with Gasteiger partial charge in [0, 0.05) is 37.8 Å². The molecule has 0 unspecified atom stereocenters. The van der Waals surface area contributed by atoms with Crippen molar-refractivity contribution in [1.29, 1.82) is 0 Å². The molecule has 0 bridgehead atoms. The number of ether oxygens (including phenoxy) is 2. The summed E-state index contributed by atoms with van der Waals surface area (Å²) in [7, 11) is 1.77. The van der Waals surface area contributed by atoms with Crippen molar-refractivity contribution >= 4 is 11.7 Å². The topological polar surface area (TPSA) is 95.2 Å². The second kappa shape index (κ2) is 7.71. The second-order valence-electron chi connectivity index (χ2n) is 8.06. The Labute approximate surface area is 186 Å². The number of anilines is 1. The highest BCUT2D eigenvalue weighted by atomic mass is 19.4. The SMILES string of the molecule is Cc1nn(C)cc1CNC(=O)c1cc2n(n1)[C@H](C(F)(F)F)C[C@H](c1ccc3c(c1)OCO3)N2. The number of hydrogen-bond acceptors (Lipinski definition) is 6. The molecule has 174 valence electrons. The quantitative estimate of drug-likeness (QED) is 0.618. The molecule has 0 spiro atoms. The summed E-state index contributed by atoms with van der Waals surface area (Å²) in [4.78, 5) is 12.6. The molecule has 4 heterocycles. The largest absolute Gasteiger partial charge is 0.454 e. The molecule has 2 aromatic heterocycles. The molecule has 0 fully saturated rings. The maximum atomic E-state index is 13.9. The van der Waals surface area contributed by atoms with E-state index in [4.69, 9.17) is 9.47 Å². The van der Waals surface area contributed by atoms with Gasteiger partial charge in [0.25, 0.3) is 5.91 Å². The van der Waals surface area contributed by atoms with Crippen LogP contribution in [0.25, 0.3) is 0 Å². The third kappa shape index (κ3) is 3.96. The van der Waals surface area contributed by atoms with E-state index in [9.17, 15) is 18.0 Å². The maximum absolute atomic E-state index is 13.9. The van der Waals surface area contributed by atoms with E-state index in [-0.39, 0.29) is 31.3 Å². The zero-order valence-electron chi connectivity index (χ0n) is 17.8. The van der Waals surface area contributed by atoms with Crippen LogP contribution in [0.15, 0.2) is 30.5 Å². The Bertz CT molecular complexity index is 1220. The number of alkyl halides is 3. The lowest BCUT2D eigenvalue weighted by molar-refractivity contribution is -0.173. The summed E-state index contributed by atoms with van der Waals surface area (Å²) in [5.74, 6) is 0.592. The van der Waals surface area contributed by atoms with E-state index in [1.165, 1.54) is 6.07 Å². The molecule has 0 saturated heterocycles. The molecule has 2 N–H and O–H groups in total. The molecule has 2 atom stereocenters. The van der Waals surface area contributed by atoms with Crippen LogP contribution in [-0.4, -0.2) is 38.4 Å². The van der Waals surface area contributed by atoms with Crippen LogP contribution in [0.2, 0.25) is 0 Å². The summed E-state index contributed by atoms with van der Waals surface area (Å²) < 4.78 is 54.8. The number of aryl methyl sites for hydroxylation is 2. The number of carbonyl (C=O) groups excluding carboxylic acids is 1. The van der Waals surface area contributed by atoms with Crippen molar-refractivity contribution in [1.82, 2.24) is 24.9 Å². The minimum Gasteiger partial charge on any atom is -0.454 e. The Balaban J connectivity index is 1.39. The van der Waals surface area contributed by atoms with Gasteiger partial charge in [-0.05, 0) is 24.6 Å². The van der Waals surface area contributed by atoms with Gasteiger partial charge in [0.2, 0.25) is 6.79 Å². The van der Waals surface area contributed by atoms with Gasteiger partial charge in [0.15, 0.2) is 23.2 Å². The predicted octanol–water partition coefficient (Wildman–Crippen LogP) is 3.24. The van der Waals surface area contributed by atoms with Crippen molar-refractivity contribution in [2.45, 2.75) is 38.1 Å². The van der Waals surface area contributed by atoms with E-state index in [1.807, 2.05) is 6.92 Å². The third-order valence-corrected chi connectivity index (χ3v) is 5.78.